The third-order valence-electron chi connectivity index (χ3n) is 2.78. The van der Waals surface area contributed by atoms with Gasteiger partial charge in [-0.05, 0) is 17.7 Å². The molecule has 0 aliphatic heterocycles. The molecule has 2 aromatic rings. The topological polar surface area (TPSA) is 59.4 Å². The number of carbonyl (C=O) groups is 1. The van der Waals surface area contributed by atoms with Crippen LogP contribution in [0.5, 0.6) is 11.5 Å². The lowest BCUT2D eigenvalue weighted by molar-refractivity contribution is 0.112. The number of pyridine rings is 1. The van der Waals surface area contributed by atoms with Gasteiger partial charge in [-0.25, -0.2) is 4.39 Å². The molecule has 0 unspecified atom stereocenters. The largest absolute Gasteiger partial charge is 0.506 e. The van der Waals surface area contributed by atoms with Crippen molar-refractivity contribution < 1.29 is 19.0 Å². The number of hydrogen-bond acceptors (Lipinski definition) is 4. The second kappa shape index (κ2) is 6.37. The van der Waals surface area contributed by atoms with Crippen LogP contribution in [0.25, 0.3) is 11.9 Å². The Morgan fingerprint density at radius 2 is 2.19 bits per heavy atom. The van der Waals surface area contributed by atoms with Crippen LogP contribution in [0.1, 0.15) is 21.6 Å². The number of rotatable bonds is 4. The van der Waals surface area contributed by atoms with Gasteiger partial charge in [-0.15, -0.1) is 0 Å². The van der Waals surface area contributed by atoms with E-state index < -0.39 is 5.83 Å². The fraction of sp³-hybridized carbons (Fsp3) is 0.0667. The van der Waals surface area contributed by atoms with E-state index in [1.54, 1.807) is 12.1 Å². The second-order valence-corrected chi connectivity index (χ2v) is 4.48. The van der Waals surface area contributed by atoms with Crippen molar-refractivity contribution >= 4 is 29.8 Å². The standard InChI is InChI=1S/C15H11ClFNO3/c1-21-14-6-12(18-7-10(14)8-19)11(17)5-9-3-2-4-13(20)15(9)16/h2-8,20H,1H3/b11-5-. The van der Waals surface area contributed by atoms with Gasteiger partial charge in [-0.3, -0.25) is 9.78 Å². The van der Waals surface area contributed by atoms with Crippen molar-refractivity contribution in [1.82, 2.24) is 4.98 Å². The predicted octanol–water partition coefficient (Wildman–Crippen LogP) is 3.73. The number of halogens is 2. The maximum absolute atomic E-state index is 14.2. The average Bonchev–Trinajstić information content (AvgIpc) is 2.51. The van der Waals surface area contributed by atoms with Crippen LogP contribution >= 0.6 is 11.6 Å². The Bertz CT molecular complexity index is 716. The van der Waals surface area contributed by atoms with Gasteiger partial charge >= 0.3 is 0 Å². The minimum atomic E-state index is -0.668. The monoisotopic (exact) mass is 307 g/mol. The smallest absolute Gasteiger partial charge is 0.155 e. The van der Waals surface area contributed by atoms with Crippen LogP contribution in [0.4, 0.5) is 4.39 Å². The molecule has 4 nitrogen and oxygen atoms in total. The molecule has 0 bridgehead atoms. The summed E-state index contributed by atoms with van der Waals surface area (Å²) in [6.07, 6.45) is 2.94. The van der Waals surface area contributed by atoms with Crippen molar-refractivity contribution in [3.8, 4) is 11.5 Å². The highest BCUT2D eigenvalue weighted by molar-refractivity contribution is 6.33. The minimum absolute atomic E-state index is 0.00291. The summed E-state index contributed by atoms with van der Waals surface area (Å²) in [6.45, 7) is 0. The number of methoxy groups -OCH3 is 1. The van der Waals surface area contributed by atoms with E-state index >= 15 is 0 Å². The molecule has 0 fully saturated rings. The fourth-order valence-corrected chi connectivity index (χ4v) is 1.88. The summed E-state index contributed by atoms with van der Waals surface area (Å²) in [5, 5.41) is 9.52. The predicted molar refractivity (Wildman–Crippen MR) is 78.3 cm³/mol. The van der Waals surface area contributed by atoms with Gasteiger partial charge < -0.3 is 9.84 Å². The van der Waals surface area contributed by atoms with Crippen LogP contribution in [-0.4, -0.2) is 23.5 Å². The van der Waals surface area contributed by atoms with Gasteiger partial charge in [-0.1, -0.05) is 23.7 Å². The summed E-state index contributed by atoms with van der Waals surface area (Å²) in [5.74, 6) is -0.584. The Morgan fingerprint density at radius 1 is 1.43 bits per heavy atom. The van der Waals surface area contributed by atoms with Crippen molar-refractivity contribution in [3.05, 3.63) is 52.3 Å². The number of ether oxygens (including phenoxy) is 1. The third kappa shape index (κ3) is 3.20. The molecule has 0 atom stereocenters. The zero-order valence-electron chi connectivity index (χ0n) is 11.0. The van der Waals surface area contributed by atoms with Crippen LogP contribution in [-0.2, 0) is 0 Å². The number of phenolic OH excluding ortho intramolecular Hbond substituents is 1. The highest BCUT2D eigenvalue weighted by atomic mass is 35.5. The number of hydrogen-bond donors (Lipinski definition) is 1. The molecular formula is C15H11ClFNO3. The molecular weight excluding hydrogens is 297 g/mol. The number of benzene rings is 1. The van der Waals surface area contributed by atoms with Gasteiger partial charge in [0.15, 0.2) is 6.29 Å². The summed E-state index contributed by atoms with van der Waals surface area (Å²) in [5.41, 5.74) is 0.538. The zero-order chi connectivity index (χ0) is 15.4. The molecule has 2 rings (SSSR count). The first-order valence-electron chi connectivity index (χ1n) is 5.91. The Morgan fingerprint density at radius 3 is 2.86 bits per heavy atom. The zero-order valence-corrected chi connectivity index (χ0v) is 11.8. The number of aromatic nitrogens is 1. The van der Waals surface area contributed by atoms with E-state index in [0.717, 1.165) is 6.08 Å². The lowest BCUT2D eigenvalue weighted by Crippen LogP contribution is -1.95. The van der Waals surface area contributed by atoms with Crippen LogP contribution in [0.15, 0.2) is 30.5 Å². The number of nitrogens with zero attached hydrogens (tertiary/aromatic N) is 1. The first-order chi connectivity index (χ1) is 10.1. The average molecular weight is 308 g/mol. The Balaban J connectivity index is 2.44. The molecule has 1 heterocycles. The molecule has 0 radical (unpaired) electrons. The summed E-state index contributed by atoms with van der Waals surface area (Å²) in [6, 6.07) is 5.81. The lowest BCUT2D eigenvalue weighted by Gasteiger charge is -2.05. The van der Waals surface area contributed by atoms with E-state index in [9.17, 15) is 14.3 Å². The van der Waals surface area contributed by atoms with Crippen molar-refractivity contribution in [2.24, 2.45) is 0 Å². The van der Waals surface area contributed by atoms with E-state index in [1.807, 2.05) is 0 Å². The van der Waals surface area contributed by atoms with Crippen LogP contribution < -0.4 is 4.74 Å². The second-order valence-electron chi connectivity index (χ2n) is 4.10. The van der Waals surface area contributed by atoms with Crippen LogP contribution in [0.3, 0.4) is 0 Å². The summed E-state index contributed by atoms with van der Waals surface area (Å²) in [4.78, 5) is 14.6. The molecule has 0 spiro atoms. The molecule has 0 saturated heterocycles. The number of carbonyl (C=O) groups excluding carboxylic acids is 1. The van der Waals surface area contributed by atoms with Gasteiger partial charge in [-0.2, -0.15) is 0 Å². The quantitative estimate of drug-likeness (QED) is 0.874. The number of phenols is 1. The molecule has 108 valence electrons. The molecule has 1 N–H and O–H groups in total. The molecule has 0 aliphatic carbocycles. The molecule has 0 saturated carbocycles. The molecule has 21 heavy (non-hydrogen) atoms. The lowest BCUT2D eigenvalue weighted by atomic mass is 10.1. The van der Waals surface area contributed by atoms with Gasteiger partial charge in [0.2, 0.25) is 0 Å². The van der Waals surface area contributed by atoms with Gasteiger partial charge in [0.1, 0.15) is 23.0 Å². The Labute approximate surface area is 125 Å². The minimum Gasteiger partial charge on any atom is -0.506 e. The van der Waals surface area contributed by atoms with E-state index in [0.29, 0.717) is 11.8 Å². The van der Waals surface area contributed by atoms with E-state index in [2.05, 4.69) is 4.98 Å². The van der Waals surface area contributed by atoms with Gasteiger partial charge in [0, 0.05) is 12.3 Å². The SMILES string of the molecule is COc1cc(/C(F)=C/c2cccc(O)c2Cl)ncc1C=O. The summed E-state index contributed by atoms with van der Waals surface area (Å²) >= 11 is 5.88. The molecule has 1 aromatic carbocycles. The Kier molecular flexibility index (Phi) is 4.55. The van der Waals surface area contributed by atoms with Crippen LogP contribution in [0.2, 0.25) is 5.02 Å². The highest BCUT2D eigenvalue weighted by Gasteiger charge is 2.10. The normalized spacial score (nSPS) is 11.3. The van der Waals surface area contributed by atoms with E-state index in [1.165, 1.54) is 25.4 Å². The molecule has 6 heteroatoms. The fourth-order valence-electron chi connectivity index (χ4n) is 1.70. The maximum atomic E-state index is 14.2. The molecule has 1 aromatic heterocycles. The van der Waals surface area contributed by atoms with Gasteiger partial charge in [0.05, 0.1) is 17.7 Å². The van der Waals surface area contributed by atoms with Gasteiger partial charge in [0.25, 0.3) is 0 Å². The summed E-state index contributed by atoms with van der Waals surface area (Å²) < 4.78 is 19.2. The molecule has 0 amide bonds. The maximum Gasteiger partial charge on any atom is 0.155 e. The highest BCUT2D eigenvalue weighted by Crippen LogP contribution is 2.30. The Hall–Kier alpha value is -2.40. The van der Waals surface area contributed by atoms with E-state index in [4.69, 9.17) is 16.3 Å². The number of aldehydes is 1. The van der Waals surface area contributed by atoms with Crippen LogP contribution in [0, 0.1) is 0 Å². The molecule has 0 aliphatic rings. The van der Waals surface area contributed by atoms with Crippen molar-refractivity contribution in [1.29, 1.82) is 0 Å². The summed E-state index contributed by atoms with van der Waals surface area (Å²) in [7, 11) is 1.37. The first-order valence-corrected chi connectivity index (χ1v) is 6.29. The van der Waals surface area contributed by atoms with Crippen molar-refractivity contribution in [2.75, 3.05) is 7.11 Å². The van der Waals surface area contributed by atoms with E-state index in [-0.39, 0.29) is 27.8 Å². The third-order valence-corrected chi connectivity index (χ3v) is 3.19. The number of aromatic hydroxyl groups is 1. The first kappa shape index (κ1) is 15.0. The van der Waals surface area contributed by atoms with Crippen molar-refractivity contribution in [3.63, 3.8) is 0 Å². The van der Waals surface area contributed by atoms with Crippen molar-refractivity contribution in [2.45, 2.75) is 0 Å².